The van der Waals surface area contributed by atoms with E-state index in [1.54, 1.807) is 6.92 Å². The Balaban J connectivity index is 2.57. The molecule has 0 spiro atoms. The summed E-state index contributed by atoms with van der Waals surface area (Å²) in [5, 5.41) is 2.75. The Kier molecular flexibility index (Phi) is 6.84. The lowest BCUT2D eigenvalue weighted by Crippen LogP contribution is -2.48. The third-order valence-electron chi connectivity index (χ3n) is 3.13. The molecule has 0 aliphatic heterocycles. The molecule has 1 rings (SSSR count). The van der Waals surface area contributed by atoms with E-state index in [-0.39, 0.29) is 24.8 Å². The zero-order chi connectivity index (χ0) is 19.3. The summed E-state index contributed by atoms with van der Waals surface area (Å²) in [6, 6.07) is 4.07. The molecule has 0 fully saturated rings. The molecule has 1 aromatic carbocycles. The molecule has 0 aliphatic carbocycles. The Morgan fingerprint density at radius 3 is 2.12 bits per heavy atom. The van der Waals surface area contributed by atoms with Gasteiger partial charge in [0.1, 0.15) is 5.75 Å². The second kappa shape index (κ2) is 8.22. The number of nitrogens with zero attached hydrogens (tertiary/aromatic N) is 1. The first kappa shape index (κ1) is 20.8. The van der Waals surface area contributed by atoms with Crippen molar-refractivity contribution in [3.63, 3.8) is 0 Å². The molecule has 0 atom stereocenters. The molecule has 2 amide bonds. The van der Waals surface area contributed by atoms with Crippen LogP contribution in [0.4, 0.5) is 13.2 Å². The second-order valence-electron chi connectivity index (χ2n) is 6.52. The highest BCUT2D eigenvalue weighted by Gasteiger charge is 2.30. The number of amides is 2. The SMILES string of the molecule is CCN(CC(=O)NC(C)(C)C)C(=O)COc1ccc(C(F)(F)F)cc1. The molecule has 0 unspecified atom stereocenters. The summed E-state index contributed by atoms with van der Waals surface area (Å²) in [6.07, 6.45) is -4.42. The highest BCUT2D eigenvalue weighted by molar-refractivity contribution is 5.85. The van der Waals surface area contributed by atoms with Crippen molar-refractivity contribution >= 4 is 11.8 Å². The minimum Gasteiger partial charge on any atom is -0.484 e. The molecule has 0 bridgehead atoms. The molecule has 0 saturated carbocycles. The van der Waals surface area contributed by atoms with Crippen molar-refractivity contribution in [2.75, 3.05) is 19.7 Å². The number of rotatable bonds is 6. The van der Waals surface area contributed by atoms with Crippen molar-refractivity contribution in [3.05, 3.63) is 29.8 Å². The van der Waals surface area contributed by atoms with E-state index < -0.39 is 23.2 Å². The van der Waals surface area contributed by atoms with E-state index in [1.807, 2.05) is 20.8 Å². The van der Waals surface area contributed by atoms with E-state index in [2.05, 4.69) is 5.32 Å². The van der Waals surface area contributed by atoms with E-state index >= 15 is 0 Å². The van der Waals surface area contributed by atoms with Gasteiger partial charge in [-0.3, -0.25) is 9.59 Å². The first-order chi connectivity index (χ1) is 11.4. The van der Waals surface area contributed by atoms with Crippen molar-refractivity contribution in [1.82, 2.24) is 10.2 Å². The number of likely N-dealkylation sites (N-methyl/N-ethyl adjacent to an activating group) is 1. The maximum Gasteiger partial charge on any atom is 0.416 e. The van der Waals surface area contributed by atoms with Gasteiger partial charge in [-0.2, -0.15) is 13.2 Å². The van der Waals surface area contributed by atoms with Crippen LogP contribution >= 0.6 is 0 Å². The summed E-state index contributed by atoms with van der Waals surface area (Å²) >= 11 is 0. The number of benzene rings is 1. The molecule has 0 aliphatic rings. The van der Waals surface area contributed by atoms with Gasteiger partial charge in [-0.15, -0.1) is 0 Å². The van der Waals surface area contributed by atoms with Gasteiger partial charge in [0, 0.05) is 12.1 Å². The molecule has 0 aromatic heterocycles. The van der Waals surface area contributed by atoms with Gasteiger partial charge < -0.3 is 15.0 Å². The van der Waals surface area contributed by atoms with Crippen LogP contribution < -0.4 is 10.1 Å². The predicted molar refractivity (Wildman–Crippen MR) is 87.1 cm³/mol. The summed E-state index contributed by atoms with van der Waals surface area (Å²) in [5.74, 6) is -0.569. The lowest BCUT2D eigenvalue weighted by Gasteiger charge is -2.25. The molecular formula is C17H23F3N2O3. The smallest absolute Gasteiger partial charge is 0.416 e. The van der Waals surface area contributed by atoms with Crippen LogP contribution in [0.2, 0.25) is 0 Å². The largest absolute Gasteiger partial charge is 0.484 e. The highest BCUT2D eigenvalue weighted by Crippen LogP contribution is 2.30. The number of hydrogen-bond donors (Lipinski definition) is 1. The van der Waals surface area contributed by atoms with Crippen molar-refractivity contribution < 1.29 is 27.5 Å². The van der Waals surface area contributed by atoms with Gasteiger partial charge in [0.05, 0.1) is 12.1 Å². The lowest BCUT2D eigenvalue weighted by atomic mass is 10.1. The molecule has 8 heteroatoms. The normalized spacial score (nSPS) is 11.8. The molecule has 25 heavy (non-hydrogen) atoms. The minimum atomic E-state index is -4.42. The Morgan fingerprint density at radius 2 is 1.68 bits per heavy atom. The average molecular weight is 360 g/mol. The summed E-state index contributed by atoms with van der Waals surface area (Å²) in [4.78, 5) is 25.3. The van der Waals surface area contributed by atoms with E-state index in [1.165, 1.54) is 4.90 Å². The van der Waals surface area contributed by atoms with Crippen molar-refractivity contribution in [2.24, 2.45) is 0 Å². The van der Waals surface area contributed by atoms with Gasteiger partial charge in [0.15, 0.2) is 6.61 Å². The number of carbonyl (C=O) groups is 2. The van der Waals surface area contributed by atoms with Crippen LogP contribution in [0.25, 0.3) is 0 Å². The van der Waals surface area contributed by atoms with Gasteiger partial charge >= 0.3 is 6.18 Å². The van der Waals surface area contributed by atoms with Crippen molar-refractivity contribution in [2.45, 2.75) is 39.4 Å². The van der Waals surface area contributed by atoms with Gasteiger partial charge in [-0.25, -0.2) is 0 Å². The average Bonchev–Trinajstić information content (AvgIpc) is 2.48. The second-order valence-corrected chi connectivity index (χ2v) is 6.52. The molecular weight excluding hydrogens is 337 g/mol. The molecule has 0 saturated heterocycles. The number of halogens is 3. The molecule has 0 heterocycles. The van der Waals surface area contributed by atoms with Crippen LogP contribution in [-0.4, -0.2) is 41.9 Å². The van der Waals surface area contributed by atoms with Crippen molar-refractivity contribution in [1.29, 1.82) is 0 Å². The Bertz CT molecular complexity index is 593. The summed E-state index contributed by atoms with van der Waals surface area (Å²) in [6.45, 7) is 7.06. The predicted octanol–water partition coefficient (Wildman–Crippen LogP) is 2.85. The van der Waals surface area contributed by atoms with E-state index in [0.717, 1.165) is 24.3 Å². The summed E-state index contributed by atoms with van der Waals surface area (Å²) < 4.78 is 42.7. The molecule has 140 valence electrons. The van der Waals surface area contributed by atoms with Gasteiger partial charge in [-0.05, 0) is 52.0 Å². The Labute approximate surface area is 145 Å². The molecule has 5 nitrogen and oxygen atoms in total. The monoisotopic (exact) mass is 360 g/mol. The number of nitrogens with one attached hydrogen (secondary N) is 1. The van der Waals surface area contributed by atoms with Crippen LogP contribution in [0, 0.1) is 0 Å². The van der Waals surface area contributed by atoms with E-state index in [4.69, 9.17) is 4.74 Å². The fourth-order valence-electron chi connectivity index (χ4n) is 1.98. The summed E-state index contributed by atoms with van der Waals surface area (Å²) in [5.41, 5.74) is -1.20. The third kappa shape index (κ3) is 7.45. The van der Waals surface area contributed by atoms with Gasteiger partial charge in [0.2, 0.25) is 5.91 Å². The standard InChI is InChI=1S/C17H23F3N2O3/c1-5-22(10-14(23)21-16(2,3)4)15(24)11-25-13-8-6-12(7-9-13)17(18,19)20/h6-9H,5,10-11H2,1-4H3,(H,21,23). The van der Waals surface area contributed by atoms with Gasteiger partial charge in [-0.1, -0.05) is 0 Å². The number of alkyl halides is 3. The minimum absolute atomic E-state index is 0.108. The van der Waals surface area contributed by atoms with Crippen LogP contribution in [0.15, 0.2) is 24.3 Å². The molecule has 1 aromatic rings. The maximum atomic E-state index is 12.5. The van der Waals surface area contributed by atoms with Crippen LogP contribution in [0.5, 0.6) is 5.75 Å². The number of carbonyl (C=O) groups excluding carboxylic acids is 2. The van der Waals surface area contributed by atoms with Crippen LogP contribution in [-0.2, 0) is 15.8 Å². The zero-order valence-electron chi connectivity index (χ0n) is 14.7. The van der Waals surface area contributed by atoms with E-state index in [9.17, 15) is 22.8 Å². The lowest BCUT2D eigenvalue weighted by molar-refractivity contribution is -0.138. The number of ether oxygens (including phenoxy) is 1. The Morgan fingerprint density at radius 1 is 1.12 bits per heavy atom. The zero-order valence-corrected chi connectivity index (χ0v) is 14.7. The fourth-order valence-corrected chi connectivity index (χ4v) is 1.98. The van der Waals surface area contributed by atoms with E-state index in [0.29, 0.717) is 6.54 Å². The molecule has 1 N–H and O–H groups in total. The number of hydrogen-bond acceptors (Lipinski definition) is 3. The summed E-state index contributed by atoms with van der Waals surface area (Å²) in [7, 11) is 0. The third-order valence-corrected chi connectivity index (χ3v) is 3.13. The van der Waals surface area contributed by atoms with Gasteiger partial charge in [0.25, 0.3) is 5.91 Å². The maximum absolute atomic E-state index is 12.5. The highest BCUT2D eigenvalue weighted by atomic mass is 19.4. The topological polar surface area (TPSA) is 58.6 Å². The first-order valence-corrected chi connectivity index (χ1v) is 7.81. The quantitative estimate of drug-likeness (QED) is 0.849. The first-order valence-electron chi connectivity index (χ1n) is 7.81. The Hall–Kier alpha value is -2.25. The van der Waals surface area contributed by atoms with Crippen molar-refractivity contribution in [3.8, 4) is 5.75 Å². The van der Waals surface area contributed by atoms with Crippen LogP contribution in [0.3, 0.4) is 0 Å². The van der Waals surface area contributed by atoms with Crippen LogP contribution in [0.1, 0.15) is 33.3 Å². The fraction of sp³-hybridized carbons (Fsp3) is 0.529. The molecule has 0 radical (unpaired) electrons.